The van der Waals surface area contributed by atoms with Crippen LogP contribution < -0.4 is 5.73 Å². The van der Waals surface area contributed by atoms with Gasteiger partial charge in [0, 0.05) is 6.04 Å². The van der Waals surface area contributed by atoms with E-state index in [2.05, 4.69) is 42.1 Å². The normalized spacial score (nSPS) is 18.7. The lowest BCUT2D eigenvalue weighted by atomic mass is 9.92. The van der Waals surface area contributed by atoms with Crippen LogP contribution in [0.15, 0.2) is 30.3 Å². The van der Waals surface area contributed by atoms with E-state index in [9.17, 15) is 0 Å². The zero-order valence-electron chi connectivity index (χ0n) is 11.2. The maximum atomic E-state index is 6.26. The van der Waals surface area contributed by atoms with Crippen LogP contribution in [0, 0.1) is 5.92 Å². The maximum absolute atomic E-state index is 6.26. The van der Waals surface area contributed by atoms with Crippen molar-refractivity contribution in [3.8, 4) is 0 Å². The van der Waals surface area contributed by atoms with Crippen LogP contribution in [0.5, 0.6) is 0 Å². The number of hydrogen-bond acceptors (Lipinski definition) is 2. The van der Waals surface area contributed by atoms with E-state index in [0.717, 1.165) is 5.92 Å². The van der Waals surface area contributed by atoms with Gasteiger partial charge in [0.2, 0.25) is 0 Å². The Balaban J connectivity index is 1.61. The zero-order chi connectivity index (χ0) is 12.6. The Morgan fingerprint density at radius 1 is 1.17 bits per heavy atom. The number of rotatable bonds is 6. The van der Waals surface area contributed by atoms with Crippen LogP contribution in [0.25, 0.3) is 0 Å². The van der Waals surface area contributed by atoms with Gasteiger partial charge in [0.1, 0.15) is 0 Å². The second kappa shape index (κ2) is 7.85. The fourth-order valence-corrected chi connectivity index (χ4v) is 3.95. The SMILES string of the molecule is NC(CCCc1ccccc1)CC1CCSCC1. The molecule has 1 unspecified atom stereocenters. The van der Waals surface area contributed by atoms with Gasteiger partial charge in [0.15, 0.2) is 0 Å². The Hall–Kier alpha value is -0.470. The van der Waals surface area contributed by atoms with Crippen LogP contribution in [0.3, 0.4) is 0 Å². The Morgan fingerprint density at radius 3 is 2.61 bits per heavy atom. The van der Waals surface area contributed by atoms with Gasteiger partial charge < -0.3 is 5.73 Å². The quantitative estimate of drug-likeness (QED) is 0.843. The van der Waals surface area contributed by atoms with Crippen molar-refractivity contribution in [1.82, 2.24) is 0 Å². The molecule has 1 nitrogen and oxygen atoms in total. The summed E-state index contributed by atoms with van der Waals surface area (Å²) in [6.45, 7) is 0. The first-order chi connectivity index (χ1) is 8.84. The van der Waals surface area contributed by atoms with Gasteiger partial charge in [-0.2, -0.15) is 11.8 Å². The molecule has 1 atom stereocenters. The van der Waals surface area contributed by atoms with Gasteiger partial charge in [-0.3, -0.25) is 0 Å². The van der Waals surface area contributed by atoms with Crippen LogP contribution in [-0.4, -0.2) is 17.5 Å². The van der Waals surface area contributed by atoms with E-state index < -0.39 is 0 Å². The predicted octanol–water partition coefficient (Wildman–Crippen LogP) is 3.87. The van der Waals surface area contributed by atoms with E-state index in [4.69, 9.17) is 5.73 Å². The highest BCUT2D eigenvalue weighted by Gasteiger charge is 2.16. The fraction of sp³-hybridized carbons (Fsp3) is 0.625. The molecule has 1 aliphatic heterocycles. The fourth-order valence-electron chi connectivity index (χ4n) is 2.74. The van der Waals surface area contributed by atoms with Gasteiger partial charge in [-0.15, -0.1) is 0 Å². The van der Waals surface area contributed by atoms with Crippen LogP contribution in [0.2, 0.25) is 0 Å². The van der Waals surface area contributed by atoms with Gasteiger partial charge in [-0.1, -0.05) is 30.3 Å². The third-order valence-electron chi connectivity index (χ3n) is 3.86. The molecular weight excluding hydrogens is 238 g/mol. The summed E-state index contributed by atoms with van der Waals surface area (Å²) in [6.07, 6.45) is 7.60. The van der Waals surface area contributed by atoms with E-state index in [0.29, 0.717) is 6.04 Å². The molecule has 0 spiro atoms. The predicted molar refractivity (Wildman–Crippen MR) is 82.0 cm³/mol. The standard InChI is InChI=1S/C16H25NS/c17-16(13-15-9-11-18-12-10-15)8-4-7-14-5-2-1-3-6-14/h1-3,5-6,15-16H,4,7-13,17H2. The molecule has 1 saturated heterocycles. The first kappa shape index (κ1) is 14.0. The average Bonchev–Trinajstić information content (AvgIpc) is 2.41. The first-order valence-corrected chi connectivity index (χ1v) is 8.37. The molecular formula is C16H25NS. The number of hydrogen-bond donors (Lipinski definition) is 1. The summed E-state index contributed by atoms with van der Waals surface area (Å²) in [4.78, 5) is 0. The summed E-state index contributed by atoms with van der Waals surface area (Å²) in [5.41, 5.74) is 7.71. The van der Waals surface area contributed by atoms with Gasteiger partial charge >= 0.3 is 0 Å². The molecule has 2 rings (SSSR count). The van der Waals surface area contributed by atoms with Crippen molar-refractivity contribution in [2.45, 2.75) is 44.6 Å². The highest BCUT2D eigenvalue weighted by Crippen LogP contribution is 2.26. The molecule has 0 radical (unpaired) electrons. The van der Waals surface area contributed by atoms with Gasteiger partial charge in [0.05, 0.1) is 0 Å². The summed E-state index contributed by atoms with van der Waals surface area (Å²) in [6, 6.07) is 11.2. The summed E-state index contributed by atoms with van der Waals surface area (Å²) >= 11 is 2.10. The molecule has 1 aromatic rings. The number of aryl methyl sites for hydroxylation is 1. The van der Waals surface area contributed by atoms with Crippen molar-refractivity contribution < 1.29 is 0 Å². The molecule has 2 N–H and O–H groups in total. The molecule has 0 saturated carbocycles. The van der Waals surface area contributed by atoms with E-state index in [-0.39, 0.29) is 0 Å². The lowest BCUT2D eigenvalue weighted by Crippen LogP contribution is -2.25. The Labute approximate surface area is 116 Å². The monoisotopic (exact) mass is 263 g/mol. The van der Waals surface area contributed by atoms with E-state index in [1.54, 1.807) is 0 Å². The Bertz CT molecular complexity index is 319. The van der Waals surface area contributed by atoms with Crippen molar-refractivity contribution in [2.24, 2.45) is 11.7 Å². The number of nitrogens with two attached hydrogens (primary N) is 1. The molecule has 0 amide bonds. The molecule has 1 heterocycles. The van der Waals surface area contributed by atoms with E-state index >= 15 is 0 Å². The third kappa shape index (κ3) is 5.03. The molecule has 18 heavy (non-hydrogen) atoms. The summed E-state index contributed by atoms with van der Waals surface area (Å²) in [5, 5.41) is 0. The smallest absolute Gasteiger partial charge is 0.00415 e. The number of benzene rings is 1. The lowest BCUT2D eigenvalue weighted by Gasteiger charge is -2.24. The first-order valence-electron chi connectivity index (χ1n) is 7.22. The molecule has 0 bridgehead atoms. The van der Waals surface area contributed by atoms with Crippen molar-refractivity contribution in [2.75, 3.05) is 11.5 Å². The van der Waals surface area contributed by atoms with Crippen molar-refractivity contribution >= 4 is 11.8 Å². The minimum absolute atomic E-state index is 0.418. The van der Waals surface area contributed by atoms with Crippen molar-refractivity contribution in [1.29, 1.82) is 0 Å². The highest BCUT2D eigenvalue weighted by molar-refractivity contribution is 7.99. The van der Waals surface area contributed by atoms with Gasteiger partial charge in [-0.25, -0.2) is 0 Å². The van der Waals surface area contributed by atoms with Crippen LogP contribution in [0.4, 0.5) is 0 Å². The Morgan fingerprint density at radius 2 is 1.89 bits per heavy atom. The summed E-state index contributed by atoms with van der Waals surface area (Å²) in [7, 11) is 0. The Kier molecular flexibility index (Phi) is 6.09. The maximum Gasteiger partial charge on any atom is 0.00415 e. The molecule has 1 aromatic carbocycles. The van der Waals surface area contributed by atoms with Crippen LogP contribution >= 0.6 is 11.8 Å². The highest BCUT2D eigenvalue weighted by atomic mass is 32.2. The summed E-state index contributed by atoms with van der Waals surface area (Å²) < 4.78 is 0. The molecule has 1 fully saturated rings. The molecule has 0 aromatic heterocycles. The second-order valence-corrected chi connectivity index (χ2v) is 6.65. The van der Waals surface area contributed by atoms with E-state index in [1.165, 1.54) is 55.6 Å². The van der Waals surface area contributed by atoms with E-state index in [1.807, 2.05) is 0 Å². The largest absolute Gasteiger partial charge is 0.328 e. The van der Waals surface area contributed by atoms with Gasteiger partial charge in [-0.05, 0) is 61.5 Å². The van der Waals surface area contributed by atoms with Crippen molar-refractivity contribution in [3.63, 3.8) is 0 Å². The topological polar surface area (TPSA) is 26.0 Å². The molecule has 100 valence electrons. The van der Waals surface area contributed by atoms with Crippen molar-refractivity contribution in [3.05, 3.63) is 35.9 Å². The van der Waals surface area contributed by atoms with Gasteiger partial charge in [0.25, 0.3) is 0 Å². The van der Waals surface area contributed by atoms with Crippen LogP contribution in [0.1, 0.15) is 37.7 Å². The zero-order valence-corrected chi connectivity index (χ0v) is 12.0. The minimum atomic E-state index is 0.418. The number of thioether (sulfide) groups is 1. The second-order valence-electron chi connectivity index (χ2n) is 5.43. The molecule has 1 aliphatic rings. The minimum Gasteiger partial charge on any atom is -0.328 e. The summed E-state index contributed by atoms with van der Waals surface area (Å²) in [5.74, 6) is 3.60. The van der Waals surface area contributed by atoms with Crippen LogP contribution in [-0.2, 0) is 6.42 Å². The lowest BCUT2D eigenvalue weighted by molar-refractivity contribution is 0.391. The third-order valence-corrected chi connectivity index (χ3v) is 4.91. The average molecular weight is 263 g/mol. The molecule has 2 heteroatoms. The molecule has 0 aliphatic carbocycles.